The van der Waals surface area contributed by atoms with Gasteiger partial charge in [0, 0.05) is 6.04 Å². The lowest BCUT2D eigenvalue weighted by Gasteiger charge is -2.25. The molecule has 0 saturated heterocycles. The maximum Gasteiger partial charge on any atom is 0.261 e. The Morgan fingerprint density at radius 2 is 2.10 bits per heavy atom. The van der Waals surface area contributed by atoms with Crippen LogP contribution in [-0.4, -0.2) is 18.1 Å². The van der Waals surface area contributed by atoms with Crippen LogP contribution >= 0.6 is 0 Å². The molecule has 1 aromatic rings. The molecule has 2 aliphatic carbocycles. The zero-order valence-electron chi connectivity index (χ0n) is 12.3. The van der Waals surface area contributed by atoms with Gasteiger partial charge in [0.25, 0.3) is 5.91 Å². The van der Waals surface area contributed by atoms with E-state index in [1.54, 1.807) is 0 Å². The van der Waals surface area contributed by atoms with Crippen molar-refractivity contribution < 1.29 is 9.53 Å². The number of carbonyl (C=O) groups excluding carboxylic acids is 1. The summed E-state index contributed by atoms with van der Waals surface area (Å²) < 4.78 is 5.79. The number of benzene rings is 1. The molecule has 0 unspecified atom stereocenters. The molecule has 2 aliphatic rings. The topological polar surface area (TPSA) is 38.3 Å². The first-order valence-corrected chi connectivity index (χ1v) is 7.66. The lowest BCUT2D eigenvalue weighted by Crippen LogP contribution is -2.44. The van der Waals surface area contributed by atoms with Crippen LogP contribution in [0, 0.1) is 18.8 Å². The van der Waals surface area contributed by atoms with Gasteiger partial charge in [-0.1, -0.05) is 24.6 Å². The van der Waals surface area contributed by atoms with Crippen molar-refractivity contribution in [2.75, 3.05) is 0 Å². The van der Waals surface area contributed by atoms with Crippen LogP contribution in [-0.2, 0) is 4.79 Å². The smallest absolute Gasteiger partial charge is 0.261 e. The van der Waals surface area contributed by atoms with E-state index < -0.39 is 6.10 Å². The van der Waals surface area contributed by atoms with Gasteiger partial charge in [-0.2, -0.15) is 0 Å². The minimum Gasteiger partial charge on any atom is -0.481 e. The zero-order valence-corrected chi connectivity index (χ0v) is 12.3. The zero-order chi connectivity index (χ0) is 14.1. The molecule has 0 radical (unpaired) electrons. The Labute approximate surface area is 120 Å². The van der Waals surface area contributed by atoms with Crippen LogP contribution in [0.25, 0.3) is 0 Å². The molecule has 108 valence electrons. The van der Waals surface area contributed by atoms with Gasteiger partial charge in [0.1, 0.15) is 5.75 Å². The van der Waals surface area contributed by atoms with Gasteiger partial charge in [-0.25, -0.2) is 0 Å². The van der Waals surface area contributed by atoms with Crippen LogP contribution in [0.4, 0.5) is 0 Å². The number of nitrogens with one attached hydrogen (secondary N) is 1. The molecule has 1 aromatic carbocycles. The van der Waals surface area contributed by atoms with Crippen molar-refractivity contribution in [3.8, 4) is 5.75 Å². The van der Waals surface area contributed by atoms with Crippen LogP contribution < -0.4 is 10.1 Å². The molecule has 0 spiro atoms. The first-order chi connectivity index (χ1) is 9.63. The number of fused-ring (bicyclic) bond motifs is 2. The normalized spacial score (nSPS) is 29.2. The molecule has 3 nitrogen and oxygen atoms in total. The Balaban J connectivity index is 1.56. The fourth-order valence-corrected chi connectivity index (χ4v) is 3.65. The fourth-order valence-electron chi connectivity index (χ4n) is 3.65. The maximum absolute atomic E-state index is 12.3. The summed E-state index contributed by atoms with van der Waals surface area (Å²) in [5.41, 5.74) is 1.06. The number of amides is 1. The highest BCUT2D eigenvalue weighted by molar-refractivity contribution is 5.81. The van der Waals surface area contributed by atoms with E-state index >= 15 is 0 Å². The summed E-state index contributed by atoms with van der Waals surface area (Å²) >= 11 is 0. The monoisotopic (exact) mass is 273 g/mol. The molecule has 0 aromatic heterocycles. The molecule has 2 bridgehead atoms. The maximum atomic E-state index is 12.3. The first-order valence-electron chi connectivity index (χ1n) is 7.66. The molecule has 2 fully saturated rings. The number of para-hydroxylation sites is 1. The summed E-state index contributed by atoms with van der Waals surface area (Å²) in [7, 11) is 0. The number of ether oxygens (including phenoxy) is 1. The van der Waals surface area contributed by atoms with Gasteiger partial charge in [-0.3, -0.25) is 4.79 Å². The SMILES string of the molecule is Cc1ccccc1O[C@@H](C)C(=O)N[C@@H]1C[C@@H]2CC[C@@H]1C2. The summed E-state index contributed by atoms with van der Waals surface area (Å²) in [5, 5.41) is 3.19. The standard InChI is InChI=1S/C17H23NO2/c1-11-5-3-4-6-16(11)20-12(2)17(19)18-15-10-13-7-8-14(15)9-13/h3-6,12-15H,7-10H2,1-2H3,(H,18,19)/t12-,13+,14+,15+/m0/s1. The minimum absolute atomic E-state index is 0.0193. The average molecular weight is 273 g/mol. The van der Waals surface area contributed by atoms with Crippen molar-refractivity contribution in [1.29, 1.82) is 0 Å². The van der Waals surface area contributed by atoms with E-state index in [9.17, 15) is 4.79 Å². The summed E-state index contributed by atoms with van der Waals surface area (Å²) in [6, 6.07) is 8.20. The van der Waals surface area contributed by atoms with Gasteiger partial charge in [0.15, 0.2) is 6.10 Å². The van der Waals surface area contributed by atoms with Crippen LogP contribution in [0.5, 0.6) is 5.75 Å². The molecule has 1 N–H and O–H groups in total. The van der Waals surface area contributed by atoms with E-state index in [1.165, 1.54) is 19.3 Å². The first kappa shape index (κ1) is 13.5. The fraction of sp³-hybridized carbons (Fsp3) is 0.588. The molecule has 0 heterocycles. The predicted molar refractivity (Wildman–Crippen MR) is 78.6 cm³/mol. The molecule has 0 aliphatic heterocycles. The van der Waals surface area contributed by atoms with Crippen LogP contribution in [0.2, 0.25) is 0 Å². The second-order valence-corrected chi connectivity index (χ2v) is 6.32. The van der Waals surface area contributed by atoms with E-state index in [0.29, 0.717) is 12.0 Å². The van der Waals surface area contributed by atoms with Crippen LogP contribution in [0.1, 0.15) is 38.2 Å². The van der Waals surface area contributed by atoms with E-state index in [-0.39, 0.29) is 5.91 Å². The number of hydrogen-bond donors (Lipinski definition) is 1. The van der Waals surface area contributed by atoms with Gasteiger partial charge < -0.3 is 10.1 Å². The number of carbonyl (C=O) groups is 1. The highest BCUT2D eigenvalue weighted by Gasteiger charge is 2.40. The van der Waals surface area contributed by atoms with Gasteiger partial charge in [-0.15, -0.1) is 0 Å². The Kier molecular flexibility index (Phi) is 3.68. The van der Waals surface area contributed by atoms with Crippen LogP contribution in [0.15, 0.2) is 24.3 Å². The second kappa shape index (κ2) is 5.47. The van der Waals surface area contributed by atoms with E-state index in [4.69, 9.17) is 4.74 Å². The van der Waals surface area contributed by atoms with E-state index in [2.05, 4.69) is 5.32 Å². The molecule has 20 heavy (non-hydrogen) atoms. The molecular weight excluding hydrogens is 250 g/mol. The number of rotatable bonds is 4. The third-order valence-electron chi connectivity index (χ3n) is 4.83. The minimum atomic E-state index is -0.435. The van der Waals surface area contributed by atoms with Crippen molar-refractivity contribution >= 4 is 5.91 Å². The second-order valence-electron chi connectivity index (χ2n) is 6.32. The lowest BCUT2D eigenvalue weighted by molar-refractivity contribution is -0.128. The predicted octanol–water partition coefficient (Wildman–Crippen LogP) is 3.07. The molecule has 4 atom stereocenters. The number of aryl methyl sites for hydroxylation is 1. The van der Waals surface area contributed by atoms with Crippen molar-refractivity contribution in [2.45, 2.75) is 51.7 Å². The van der Waals surface area contributed by atoms with Gasteiger partial charge >= 0.3 is 0 Å². The van der Waals surface area contributed by atoms with Crippen molar-refractivity contribution in [3.63, 3.8) is 0 Å². The summed E-state index contributed by atoms with van der Waals surface area (Å²) in [5.74, 6) is 2.36. The Bertz CT molecular complexity index is 500. The highest BCUT2D eigenvalue weighted by atomic mass is 16.5. The number of hydrogen-bond acceptors (Lipinski definition) is 2. The van der Waals surface area contributed by atoms with Gasteiger partial charge in [-0.05, 0) is 56.6 Å². The molecule has 3 heteroatoms. The Hall–Kier alpha value is -1.51. The largest absolute Gasteiger partial charge is 0.481 e. The molecular formula is C17H23NO2. The Morgan fingerprint density at radius 3 is 2.75 bits per heavy atom. The highest BCUT2D eigenvalue weighted by Crippen LogP contribution is 2.44. The van der Waals surface area contributed by atoms with Crippen molar-refractivity contribution in [2.24, 2.45) is 11.8 Å². The summed E-state index contributed by atoms with van der Waals surface area (Å²) in [4.78, 5) is 12.3. The summed E-state index contributed by atoms with van der Waals surface area (Å²) in [6.45, 7) is 3.82. The van der Waals surface area contributed by atoms with Crippen molar-refractivity contribution in [1.82, 2.24) is 5.32 Å². The molecule has 1 amide bonds. The van der Waals surface area contributed by atoms with Crippen molar-refractivity contribution in [3.05, 3.63) is 29.8 Å². The molecule has 2 saturated carbocycles. The lowest BCUT2D eigenvalue weighted by atomic mass is 9.95. The quantitative estimate of drug-likeness (QED) is 0.915. The van der Waals surface area contributed by atoms with E-state index in [1.807, 2.05) is 38.1 Å². The Morgan fingerprint density at radius 1 is 1.30 bits per heavy atom. The third kappa shape index (κ3) is 2.67. The van der Waals surface area contributed by atoms with Crippen LogP contribution in [0.3, 0.4) is 0 Å². The van der Waals surface area contributed by atoms with Gasteiger partial charge in [0.2, 0.25) is 0 Å². The third-order valence-corrected chi connectivity index (χ3v) is 4.83. The molecule has 3 rings (SSSR count). The van der Waals surface area contributed by atoms with E-state index in [0.717, 1.165) is 23.7 Å². The van der Waals surface area contributed by atoms with Gasteiger partial charge in [0.05, 0.1) is 0 Å². The average Bonchev–Trinajstić information content (AvgIpc) is 3.03. The summed E-state index contributed by atoms with van der Waals surface area (Å²) in [6.07, 6.45) is 4.66.